The van der Waals surface area contributed by atoms with Crippen LogP contribution in [0.5, 0.6) is 5.75 Å². The van der Waals surface area contributed by atoms with Crippen LogP contribution in [-0.4, -0.2) is 16.7 Å². The predicted octanol–water partition coefficient (Wildman–Crippen LogP) is 3.83. The third-order valence-electron chi connectivity index (χ3n) is 2.13. The standard InChI is InChI=1S/C13H17BrO2/c1-4-9-16-11-7-5-10(6-8-11)12(15)13(2,3)14/h5-8H,4,9H2,1-3H3. The number of ether oxygens (including phenoxy) is 1. The number of hydrogen-bond donors (Lipinski definition) is 0. The molecular formula is C13H17BrO2. The van der Waals surface area contributed by atoms with Gasteiger partial charge in [0.2, 0.25) is 0 Å². The minimum absolute atomic E-state index is 0.0783. The first-order valence-corrected chi connectivity index (χ1v) is 6.21. The first kappa shape index (κ1) is 13.2. The fraction of sp³-hybridized carbons (Fsp3) is 0.462. The molecule has 0 amide bonds. The molecule has 1 aromatic rings. The molecule has 0 aromatic heterocycles. The van der Waals surface area contributed by atoms with Crippen LogP contribution in [0.15, 0.2) is 24.3 Å². The van der Waals surface area contributed by atoms with Crippen LogP contribution in [0.1, 0.15) is 37.6 Å². The zero-order valence-corrected chi connectivity index (χ0v) is 11.5. The van der Waals surface area contributed by atoms with Gasteiger partial charge in [-0.05, 0) is 44.5 Å². The van der Waals surface area contributed by atoms with Gasteiger partial charge in [0.15, 0.2) is 5.78 Å². The highest BCUT2D eigenvalue weighted by atomic mass is 79.9. The van der Waals surface area contributed by atoms with Crippen molar-refractivity contribution in [1.82, 2.24) is 0 Å². The van der Waals surface area contributed by atoms with E-state index in [0.29, 0.717) is 12.2 Å². The summed E-state index contributed by atoms with van der Waals surface area (Å²) in [5.41, 5.74) is 0.700. The molecule has 0 spiro atoms. The molecule has 0 heterocycles. The molecule has 3 heteroatoms. The van der Waals surface area contributed by atoms with Crippen LogP contribution < -0.4 is 4.74 Å². The largest absolute Gasteiger partial charge is 0.494 e. The highest BCUT2D eigenvalue weighted by Gasteiger charge is 2.24. The van der Waals surface area contributed by atoms with Gasteiger partial charge in [0.05, 0.1) is 10.9 Å². The minimum Gasteiger partial charge on any atom is -0.494 e. The lowest BCUT2D eigenvalue weighted by Crippen LogP contribution is -2.23. The lowest BCUT2D eigenvalue weighted by molar-refractivity contribution is 0.0961. The van der Waals surface area contributed by atoms with Crippen LogP contribution in [-0.2, 0) is 0 Å². The molecule has 88 valence electrons. The molecule has 0 aliphatic heterocycles. The van der Waals surface area contributed by atoms with E-state index in [2.05, 4.69) is 22.9 Å². The van der Waals surface area contributed by atoms with Crippen LogP contribution in [0.3, 0.4) is 0 Å². The van der Waals surface area contributed by atoms with Crippen molar-refractivity contribution in [3.8, 4) is 5.75 Å². The second-order valence-electron chi connectivity index (χ2n) is 4.17. The molecular weight excluding hydrogens is 268 g/mol. The van der Waals surface area contributed by atoms with E-state index in [1.165, 1.54) is 0 Å². The van der Waals surface area contributed by atoms with Crippen molar-refractivity contribution in [2.24, 2.45) is 0 Å². The summed E-state index contributed by atoms with van der Waals surface area (Å²) in [5, 5.41) is 0. The van der Waals surface area contributed by atoms with Crippen LogP contribution in [0.4, 0.5) is 0 Å². The Kier molecular flexibility index (Phi) is 4.54. The number of carbonyl (C=O) groups excluding carboxylic acids is 1. The van der Waals surface area contributed by atoms with E-state index in [9.17, 15) is 4.79 Å². The van der Waals surface area contributed by atoms with E-state index >= 15 is 0 Å². The summed E-state index contributed by atoms with van der Waals surface area (Å²) >= 11 is 3.36. The van der Waals surface area contributed by atoms with Crippen molar-refractivity contribution in [3.63, 3.8) is 0 Å². The van der Waals surface area contributed by atoms with Crippen LogP contribution in [0.25, 0.3) is 0 Å². The summed E-state index contributed by atoms with van der Waals surface area (Å²) < 4.78 is 4.94. The number of alkyl halides is 1. The Balaban J connectivity index is 2.75. The average molecular weight is 285 g/mol. The Bertz CT molecular complexity index is 349. The summed E-state index contributed by atoms with van der Waals surface area (Å²) in [5.74, 6) is 0.889. The molecule has 16 heavy (non-hydrogen) atoms. The molecule has 0 bridgehead atoms. The zero-order valence-electron chi connectivity index (χ0n) is 9.92. The topological polar surface area (TPSA) is 26.3 Å². The summed E-state index contributed by atoms with van der Waals surface area (Å²) in [6, 6.07) is 7.27. The third-order valence-corrected chi connectivity index (χ3v) is 2.49. The van der Waals surface area contributed by atoms with E-state index in [1.54, 1.807) is 12.1 Å². The van der Waals surface area contributed by atoms with Gasteiger partial charge in [0.25, 0.3) is 0 Å². The van der Waals surface area contributed by atoms with Crippen molar-refractivity contribution in [3.05, 3.63) is 29.8 Å². The first-order chi connectivity index (χ1) is 7.45. The lowest BCUT2D eigenvalue weighted by atomic mass is 10.0. The summed E-state index contributed by atoms with van der Waals surface area (Å²) in [4.78, 5) is 11.9. The van der Waals surface area contributed by atoms with Crippen LogP contribution in [0.2, 0.25) is 0 Å². The zero-order chi connectivity index (χ0) is 12.2. The maximum absolute atomic E-state index is 11.9. The summed E-state index contributed by atoms with van der Waals surface area (Å²) in [6.07, 6.45) is 0.981. The maximum Gasteiger partial charge on any atom is 0.178 e. The van der Waals surface area contributed by atoms with Crippen LogP contribution in [0, 0.1) is 0 Å². The Morgan fingerprint density at radius 2 is 1.88 bits per heavy atom. The van der Waals surface area contributed by atoms with Crippen molar-refractivity contribution >= 4 is 21.7 Å². The molecule has 0 N–H and O–H groups in total. The fourth-order valence-corrected chi connectivity index (χ4v) is 1.49. The van der Waals surface area contributed by atoms with Crippen molar-refractivity contribution in [1.29, 1.82) is 0 Å². The van der Waals surface area contributed by atoms with Gasteiger partial charge in [0, 0.05) is 5.56 Å². The molecule has 1 aromatic carbocycles. The van der Waals surface area contributed by atoms with Gasteiger partial charge in [-0.15, -0.1) is 0 Å². The Labute approximate surface area is 105 Å². The SMILES string of the molecule is CCCOc1ccc(C(=O)C(C)(C)Br)cc1. The highest BCUT2D eigenvalue weighted by Crippen LogP contribution is 2.23. The number of halogens is 1. The molecule has 0 atom stereocenters. The van der Waals surface area contributed by atoms with Gasteiger partial charge >= 0.3 is 0 Å². The molecule has 1 rings (SSSR count). The average Bonchev–Trinajstić information content (AvgIpc) is 2.25. The third kappa shape index (κ3) is 3.63. The second kappa shape index (κ2) is 5.48. The summed E-state index contributed by atoms with van der Waals surface area (Å²) in [7, 11) is 0. The number of hydrogen-bond acceptors (Lipinski definition) is 2. The summed E-state index contributed by atoms with van der Waals surface area (Å²) in [6.45, 7) is 6.45. The number of carbonyl (C=O) groups is 1. The molecule has 0 radical (unpaired) electrons. The Morgan fingerprint density at radius 1 is 1.31 bits per heavy atom. The van der Waals surface area contributed by atoms with Crippen LogP contribution >= 0.6 is 15.9 Å². The lowest BCUT2D eigenvalue weighted by Gasteiger charge is -2.14. The quantitative estimate of drug-likeness (QED) is 0.607. The monoisotopic (exact) mass is 284 g/mol. The Hall–Kier alpha value is -0.830. The minimum atomic E-state index is -0.515. The molecule has 0 saturated carbocycles. The first-order valence-electron chi connectivity index (χ1n) is 5.41. The smallest absolute Gasteiger partial charge is 0.178 e. The Morgan fingerprint density at radius 3 is 2.31 bits per heavy atom. The number of rotatable bonds is 5. The number of Topliss-reactive ketones (excluding diaryl/α,β-unsaturated/α-hetero) is 1. The molecule has 2 nitrogen and oxygen atoms in total. The van der Waals surface area contributed by atoms with E-state index in [4.69, 9.17) is 4.74 Å². The molecule has 0 saturated heterocycles. The molecule has 0 fully saturated rings. The van der Waals surface area contributed by atoms with E-state index in [-0.39, 0.29) is 5.78 Å². The van der Waals surface area contributed by atoms with Gasteiger partial charge < -0.3 is 4.74 Å². The van der Waals surface area contributed by atoms with Gasteiger partial charge in [0.1, 0.15) is 5.75 Å². The van der Waals surface area contributed by atoms with Gasteiger partial charge in [-0.2, -0.15) is 0 Å². The predicted molar refractivity (Wildman–Crippen MR) is 69.6 cm³/mol. The van der Waals surface area contributed by atoms with Crippen molar-refractivity contribution in [2.75, 3.05) is 6.61 Å². The van der Waals surface area contributed by atoms with Crippen molar-refractivity contribution in [2.45, 2.75) is 31.5 Å². The van der Waals surface area contributed by atoms with Gasteiger partial charge in [-0.3, -0.25) is 4.79 Å². The van der Waals surface area contributed by atoms with Crippen molar-refractivity contribution < 1.29 is 9.53 Å². The molecule has 0 unspecified atom stereocenters. The van der Waals surface area contributed by atoms with Gasteiger partial charge in [-0.25, -0.2) is 0 Å². The maximum atomic E-state index is 11.9. The second-order valence-corrected chi connectivity index (χ2v) is 6.16. The highest BCUT2D eigenvalue weighted by molar-refractivity contribution is 9.10. The normalized spacial score (nSPS) is 11.2. The van der Waals surface area contributed by atoms with E-state index in [1.807, 2.05) is 26.0 Å². The van der Waals surface area contributed by atoms with E-state index < -0.39 is 4.32 Å². The molecule has 0 aliphatic rings. The number of ketones is 1. The fourth-order valence-electron chi connectivity index (χ4n) is 1.27. The van der Waals surface area contributed by atoms with E-state index in [0.717, 1.165) is 12.2 Å². The molecule has 0 aliphatic carbocycles. The van der Waals surface area contributed by atoms with Gasteiger partial charge in [-0.1, -0.05) is 22.9 Å². The number of benzene rings is 1.